The van der Waals surface area contributed by atoms with Gasteiger partial charge in [0.05, 0.1) is 11.0 Å². The third-order valence-corrected chi connectivity index (χ3v) is 8.64. The zero-order chi connectivity index (χ0) is 37.5. The standard InChI is InChI=1S/C42H39N5O6/c1-5-15-35(45-53-42(51)46(3)4)39(48)27-23-24-37-32(25-27)33-26-34(30-21-13-14-22-31(30)38(33)47(37)29-19-11-8-12-20-29)40(49)36(16-6-2)44-52-41(50)43-28-17-9-7-10-18-28/h7-14,17-26H,5-6,15-16H2,1-4H3,(H,43,50)/b44-36+,45-35+. The van der Waals surface area contributed by atoms with Crippen LogP contribution < -0.4 is 5.32 Å². The first kappa shape index (κ1) is 36.2. The molecule has 0 bridgehead atoms. The summed E-state index contributed by atoms with van der Waals surface area (Å²) >= 11 is 0. The Morgan fingerprint density at radius 2 is 1.26 bits per heavy atom. The number of nitrogens with one attached hydrogen (secondary N) is 1. The fourth-order valence-corrected chi connectivity index (χ4v) is 6.18. The van der Waals surface area contributed by atoms with Gasteiger partial charge in [0.15, 0.2) is 0 Å². The molecule has 6 rings (SSSR count). The molecule has 5 aromatic carbocycles. The molecule has 53 heavy (non-hydrogen) atoms. The van der Waals surface area contributed by atoms with E-state index in [1.807, 2.05) is 86.6 Å². The summed E-state index contributed by atoms with van der Waals surface area (Å²) in [5.74, 6) is -0.758. The van der Waals surface area contributed by atoms with Crippen LogP contribution in [0.25, 0.3) is 38.3 Å². The average molecular weight is 710 g/mol. The molecule has 1 heterocycles. The maximum absolute atomic E-state index is 14.4. The van der Waals surface area contributed by atoms with Crippen LogP contribution in [0, 0.1) is 0 Å². The van der Waals surface area contributed by atoms with Crippen molar-refractivity contribution in [3.63, 3.8) is 0 Å². The van der Waals surface area contributed by atoms with Gasteiger partial charge in [-0.2, -0.15) is 0 Å². The molecule has 11 nitrogen and oxygen atoms in total. The lowest BCUT2D eigenvalue weighted by Crippen LogP contribution is -2.23. The third-order valence-electron chi connectivity index (χ3n) is 8.64. The van der Waals surface area contributed by atoms with Crippen LogP contribution in [-0.2, 0) is 9.68 Å². The highest BCUT2D eigenvalue weighted by atomic mass is 16.7. The number of carbonyl (C=O) groups excluding carboxylic acids is 4. The first-order valence-electron chi connectivity index (χ1n) is 17.4. The molecule has 0 aliphatic rings. The van der Waals surface area contributed by atoms with Crippen molar-refractivity contribution in [2.45, 2.75) is 39.5 Å². The van der Waals surface area contributed by atoms with Gasteiger partial charge in [0.25, 0.3) is 0 Å². The zero-order valence-electron chi connectivity index (χ0n) is 30.0. The number of oxime groups is 2. The van der Waals surface area contributed by atoms with Crippen molar-refractivity contribution >= 4 is 73.4 Å². The molecule has 0 radical (unpaired) electrons. The van der Waals surface area contributed by atoms with Crippen molar-refractivity contribution in [2.75, 3.05) is 19.4 Å². The van der Waals surface area contributed by atoms with Crippen LogP contribution in [0.1, 0.15) is 60.2 Å². The molecular formula is C42H39N5O6. The SMILES string of the molecule is CCC/C(=N\OC(=O)N(C)C)C(=O)c1ccc2c(c1)c1cc(C(=O)/C(CCC)=N/OC(=O)Nc3ccccc3)c3ccccc3c1n2-c1ccccc1. The number of rotatable bonds is 12. The van der Waals surface area contributed by atoms with E-state index in [-0.39, 0.29) is 29.4 Å². The van der Waals surface area contributed by atoms with E-state index in [2.05, 4.69) is 20.2 Å². The normalized spacial score (nSPS) is 11.8. The van der Waals surface area contributed by atoms with E-state index in [0.29, 0.717) is 41.5 Å². The number of benzene rings is 5. The van der Waals surface area contributed by atoms with Crippen LogP contribution >= 0.6 is 0 Å². The van der Waals surface area contributed by atoms with Crippen LogP contribution in [0.4, 0.5) is 15.3 Å². The van der Waals surface area contributed by atoms with Gasteiger partial charge in [0.1, 0.15) is 11.4 Å². The Labute approximate surface area is 306 Å². The van der Waals surface area contributed by atoms with E-state index in [1.165, 1.54) is 19.0 Å². The summed E-state index contributed by atoms with van der Waals surface area (Å²) in [5.41, 5.74) is 4.02. The van der Waals surface area contributed by atoms with Crippen molar-refractivity contribution in [3.05, 3.63) is 120 Å². The summed E-state index contributed by atoms with van der Waals surface area (Å²) in [6.45, 7) is 3.82. The highest BCUT2D eigenvalue weighted by Gasteiger charge is 2.24. The van der Waals surface area contributed by atoms with Gasteiger partial charge in [0, 0.05) is 52.8 Å². The number of ketones is 2. The number of hydrogen-bond donors (Lipinski definition) is 1. The molecule has 0 atom stereocenters. The molecule has 268 valence electrons. The summed E-state index contributed by atoms with van der Waals surface area (Å²) in [5, 5.41) is 13.6. The Hall–Kier alpha value is -6.62. The van der Waals surface area contributed by atoms with Crippen molar-refractivity contribution in [1.29, 1.82) is 0 Å². The zero-order valence-corrected chi connectivity index (χ0v) is 30.0. The van der Waals surface area contributed by atoms with Crippen LogP contribution in [0.2, 0.25) is 0 Å². The Kier molecular flexibility index (Phi) is 11.0. The van der Waals surface area contributed by atoms with E-state index < -0.39 is 12.2 Å². The van der Waals surface area contributed by atoms with E-state index >= 15 is 0 Å². The molecular weight excluding hydrogens is 670 g/mol. The number of aromatic nitrogens is 1. The Balaban J connectivity index is 1.52. The second-order valence-corrected chi connectivity index (χ2v) is 12.6. The van der Waals surface area contributed by atoms with Gasteiger partial charge in [-0.3, -0.25) is 24.6 Å². The largest absolute Gasteiger partial charge is 0.437 e. The van der Waals surface area contributed by atoms with Gasteiger partial charge in [-0.05, 0) is 66.8 Å². The summed E-state index contributed by atoms with van der Waals surface area (Å²) in [7, 11) is 3.07. The van der Waals surface area contributed by atoms with E-state index in [0.717, 1.165) is 32.9 Å². The summed E-state index contributed by atoms with van der Waals surface area (Å²) in [6, 6.07) is 33.5. The number of fused-ring (bicyclic) bond motifs is 5. The van der Waals surface area contributed by atoms with Crippen molar-refractivity contribution in [2.24, 2.45) is 10.3 Å². The fourth-order valence-electron chi connectivity index (χ4n) is 6.18. The third kappa shape index (κ3) is 7.69. The summed E-state index contributed by atoms with van der Waals surface area (Å²) in [4.78, 5) is 64.5. The maximum Gasteiger partial charge on any atom is 0.437 e. The molecule has 0 aliphatic heterocycles. The molecule has 0 unspecified atom stereocenters. The molecule has 1 N–H and O–H groups in total. The topological polar surface area (TPSA) is 132 Å². The number of para-hydroxylation sites is 2. The lowest BCUT2D eigenvalue weighted by molar-refractivity contribution is 0.104. The van der Waals surface area contributed by atoms with Gasteiger partial charge in [0.2, 0.25) is 11.6 Å². The highest BCUT2D eigenvalue weighted by Crippen LogP contribution is 2.39. The summed E-state index contributed by atoms with van der Waals surface area (Å²) < 4.78 is 2.12. The monoisotopic (exact) mass is 709 g/mol. The second kappa shape index (κ2) is 16.2. The summed E-state index contributed by atoms with van der Waals surface area (Å²) in [6.07, 6.45) is 0.257. The first-order chi connectivity index (χ1) is 25.7. The first-order valence-corrected chi connectivity index (χ1v) is 17.4. The molecule has 0 fully saturated rings. The van der Waals surface area contributed by atoms with Gasteiger partial charge in [-0.25, -0.2) is 9.59 Å². The number of amides is 2. The van der Waals surface area contributed by atoms with E-state index in [1.54, 1.807) is 36.4 Å². The fraction of sp³-hybridized carbons (Fsp3) is 0.190. The maximum atomic E-state index is 14.4. The van der Waals surface area contributed by atoms with Crippen molar-refractivity contribution in [1.82, 2.24) is 9.47 Å². The quantitative estimate of drug-likeness (QED) is 0.0583. The smallest absolute Gasteiger partial charge is 0.312 e. The van der Waals surface area contributed by atoms with Crippen LogP contribution in [0.3, 0.4) is 0 Å². The Morgan fingerprint density at radius 1 is 0.660 bits per heavy atom. The lowest BCUT2D eigenvalue weighted by atomic mass is 9.94. The number of Topliss-reactive ketones (excluding diaryl/α,β-unsaturated/α-hetero) is 2. The molecule has 0 aliphatic carbocycles. The number of hydrogen-bond acceptors (Lipinski definition) is 8. The van der Waals surface area contributed by atoms with Gasteiger partial charge >= 0.3 is 12.2 Å². The van der Waals surface area contributed by atoms with Crippen LogP contribution in [-0.4, -0.2) is 58.7 Å². The predicted octanol–water partition coefficient (Wildman–Crippen LogP) is 9.56. The minimum atomic E-state index is -0.816. The molecule has 0 spiro atoms. The highest BCUT2D eigenvalue weighted by molar-refractivity contribution is 6.49. The molecule has 0 saturated carbocycles. The second-order valence-electron chi connectivity index (χ2n) is 12.6. The van der Waals surface area contributed by atoms with Gasteiger partial charge < -0.3 is 9.47 Å². The van der Waals surface area contributed by atoms with Gasteiger partial charge in [-0.1, -0.05) is 97.7 Å². The van der Waals surface area contributed by atoms with E-state index in [9.17, 15) is 19.2 Å². The predicted molar refractivity (Wildman–Crippen MR) is 208 cm³/mol. The van der Waals surface area contributed by atoms with Gasteiger partial charge in [-0.15, -0.1) is 0 Å². The molecule has 6 aromatic rings. The van der Waals surface area contributed by atoms with Crippen LogP contribution in [0.5, 0.6) is 0 Å². The lowest BCUT2D eigenvalue weighted by Gasteiger charge is -2.12. The van der Waals surface area contributed by atoms with Crippen LogP contribution in [0.15, 0.2) is 120 Å². The Morgan fingerprint density at radius 3 is 1.92 bits per heavy atom. The number of nitrogens with zero attached hydrogens (tertiary/aromatic N) is 4. The molecule has 0 saturated heterocycles. The minimum Gasteiger partial charge on any atom is -0.312 e. The molecule has 11 heteroatoms. The minimum absolute atomic E-state index is 0.0931. The van der Waals surface area contributed by atoms with Crippen molar-refractivity contribution < 1.29 is 28.9 Å². The number of anilines is 1. The molecule has 2 amide bonds. The number of carbonyl (C=O) groups is 4. The molecule has 1 aromatic heterocycles. The average Bonchev–Trinajstić information content (AvgIpc) is 3.51. The van der Waals surface area contributed by atoms with E-state index in [4.69, 9.17) is 9.68 Å². The van der Waals surface area contributed by atoms with Crippen molar-refractivity contribution in [3.8, 4) is 5.69 Å². The Bertz CT molecular complexity index is 2400.